The van der Waals surface area contributed by atoms with Crippen LogP contribution in [0.15, 0.2) is 6.07 Å². The molecule has 1 saturated heterocycles. The minimum absolute atomic E-state index is 0.0468. The maximum absolute atomic E-state index is 12.6. The van der Waals surface area contributed by atoms with E-state index in [0.717, 1.165) is 25.9 Å². The van der Waals surface area contributed by atoms with Crippen molar-refractivity contribution in [1.82, 2.24) is 4.90 Å². The summed E-state index contributed by atoms with van der Waals surface area (Å²) in [5.41, 5.74) is 5.19. The van der Waals surface area contributed by atoms with Gasteiger partial charge in [-0.3, -0.25) is 4.79 Å². The van der Waals surface area contributed by atoms with Gasteiger partial charge in [-0.25, -0.2) is 8.78 Å². The van der Waals surface area contributed by atoms with Gasteiger partial charge in [0.15, 0.2) is 0 Å². The van der Waals surface area contributed by atoms with Gasteiger partial charge in [0.25, 0.3) is 12.3 Å². The Morgan fingerprint density at radius 2 is 2.16 bits per heavy atom. The number of primary amides is 1. The Kier molecular flexibility index (Phi) is 4.36. The van der Waals surface area contributed by atoms with Crippen molar-refractivity contribution in [2.75, 3.05) is 20.1 Å². The molecule has 0 aliphatic carbocycles. The molecule has 1 aliphatic rings. The maximum atomic E-state index is 12.6. The number of rotatable bonds is 4. The van der Waals surface area contributed by atoms with Crippen LogP contribution in [0.25, 0.3) is 0 Å². The second kappa shape index (κ2) is 5.83. The second-order valence-electron chi connectivity index (χ2n) is 4.63. The molecule has 7 heteroatoms. The molecule has 0 saturated carbocycles. The largest absolute Gasteiger partial charge is 0.489 e. The molecule has 0 atom stereocenters. The molecular formula is C12H16F2N2O2S. The van der Waals surface area contributed by atoms with Gasteiger partial charge in [-0.1, -0.05) is 0 Å². The fourth-order valence-electron chi connectivity index (χ4n) is 2.04. The Balaban J connectivity index is 2.12. The van der Waals surface area contributed by atoms with E-state index in [1.54, 1.807) is 0 Å². The Labute approximate surface area is 114 Å². The number of nitrogens with two attached hydrogens (primary N) is 1. The first-order valence-electron chi connectivity index (χ1n) is 6.04. The number of hydrogen-bond donors (Lipinski definition) is 1. The minimum Gasteiger partial charge on any atom is -0.489 e. The van der Waals surface area contributed by atoms with Crippen LogP contribution in [0, 0.1) is 0 Å². The topological polar surface area (TPSA) is 55.6 Å². The normalized spacial score (nSPS) is 17.9. The molecule has 0 unspecified atom stereocenters. The van der Waals surface area contributed by atoms with Crippen LogP contribution in [-0.4, -0.2) is 37.0 Å². The van der Waals surface area contributed by atoms with Crippen LogP contribution in [0.1, 0.15) is 33.8 Å². The third-order valence-corrected chi connectivity index (χ3v) is 4.25. The third-order valence-electron chi connectivity index (χ3n) is 3.12. The van der Waals surface area contributed by atoms with E-state index < -0.39 is 12.3 Å². The van der Waals surface area contributed by atoms with Crippen molar-refractivity contribution in [3.8, 4) is 5.75 Å². The molecule has 2 N–H and O–H groups in total. The number of ether oxygens (including phenoxy) is 1. The molecule has 1 aromatic rings. The summed E-state index contributed by atoms with van der Waals surface area (Å²) in [6.07, 6.45) is -1.03. The van der Waals surface area contributed by atoms with E-state index in [9.17, 15) is 13.6 Å². The van der Waals surface area contributed by atoms with Crippen LogP contribution in [0.4, 0.5) is 8.78 Å². The van der Waals surface area contributed by atoms with Gasteiger partial charge in [0, 0.05) is 19.2 Å². The number of likely N-dealkylation sites (tertiary alicyclic amines) is 1. The van der Waals surface area contributed by atoms with Crippen LogP contribution in [0.2, 0.25) is 0 Å². The Bertz CT molecular complexity index is 457. The predicted molar refractivity (Wildman–Crippen MR) is 68.9 cm³/mol. The summed E-state index contributed by atoms with van der Waals surface area (Å²) in [6.45, 7) is 1.78. The summed E-state index contributed by atoms with van der Waals surface area (Å²) in [6, 6.07) is 1.23. The van der Waals surface area contributed by atoms with Crippen molar-refractivity contribution < 1.29 is 18.3 Å². The van der Waals surface area contributed by atoms with Crippen molar-refractivity contribution in [2.45, 2.75) is 25.4 Å². The minimum atomic E-state index is -2.61. The number of nitrogens with zero attached hydrogens (tertiary/aromatic N) is 1. The number of amides is 1. The third kappa shape index (κ3) is 3.42. The van der Waals surface area contributed by atoms with Gasteiger partial charge < -0.3 is 15.4 Å². The lowest BCUT2D eigenvalue weighted by atomic mass is 10.1. The molecule has 106 valence electrons. The summed E-state index contributed by atoms with van der Waals surface area (Å²) in [5, 5.41) is 0. The molecular weight excluding hydrogens is 274 g/mol. The highest BCUT2D eigenvalue weighted by Gasteiger charge is 2.24. The maximum Gasteiger partial charge on any atom is 0.272 e. The van der Waals surface area contributed by atoms with Gasteiger partial charge in [-0.15, -0.1) is 11.3 Å². The number of halogens is 2. The molecule has 0 bridgehead atoms. The summed E-state index contributed by atoms with van der Waals surface area (Å²) in [7, 11) is 2.02. The summed E-state index contributed by atoms with van der Waals surface area (Å²) < 4.78 is 31.0. The van der Waals surface area contributed by atoms with Gasteiger partial charge in [0.2, 0.25) is 0 Å². The number of alkyl halides is 2. The van der Waals surface area contributed by atoms with Gasteiger partial charge in [-0.2, -0.15) is 0 Å². The van der Waals surface area contributed by atoms with Crippen molar-refractivity contribution in [3.63, 3.8) is 0 Å². The quantitative estimate of drug-likeness (QED) is 0.925. The van der Waals surface area contributed by atoms with E-state index >= 15 is 0 Å². The molecule has 1 fully saturated rings. The molecule has 0 spiro atoms. The van der Waals surface area contributed by atoms with E-state index in [1.807, 2.05) is 7.05 Å². The van der Waals surface area contributed by atoms with Crippen molar-refractivity contribution >= 4 is 17.2 Å². The van der Waals surface area contributed by atoms with Crippen LogP contribution in [0.5, 0.6) is 5.75 Å². The molecule has 19 heavy (non-hydrogen) atoms. The van der Waals surface area contributed by atoms with Crippen LogP contribution in [0.3, 0.4) is 0 Å². The second-order valence-corrected chi connectivity index (χ2v) is 5.71. The van der Waals surface area contributed by atoms with Gasteiger partial charge in [0.05, 0.1) is 4.88 Å². The monoisotopic (exact) mass is 290 g/mol. The number of hydrogen-bond acceptors (Lipinski definition) is 4. The standard InChI is InChI=1S/C12H16F2N2O2S/c1-16-4-2-7(3-5-16)18-8-6-9(11(13)14)19-10(8)12(15)17/h6-7,11H,2-5H2,1H3,(H2,15,17). The summed E-state index contributed by atoms with van der Waals surface area (Å²) in [5.74, 6) is -0.526. The fraction of sp³-hybridized carbons (Fsp3) is 0.583. The fourth-order valence-corrected chi connectivity index (χ4v) is 2.84. The van der Waals surface area contributed by atoms with E-state index in [4.69, 9.17) is 10.5 Å². The van der Waals surface area contributed by atoms with Crippen molar-refractivity contribution in [3.05, 3.63) is 15.8 Å². The number of thiophene rings is 1. The average Bonchev–Trinajstić information content (AvgIpc) is 2.76. The molecule has 1 aromatic heterocycles. The van der Waals surface area contributed by atoms with E-state index in [0.29, 0.717) is 11.3 Å². The molecule has 4 nitrogen and oxygen atoms in total. The number of carbonyl (C=O) groups is 1. The average molecular weight is 290 g/mol. The Hall–Kier alpha value is -1.21. The zero-order valence-corrected chi connectivity index (χ0v) is 11.4. The highest BCUT2D eigenvalue weighted by Crippen LogP contribution is 2.36. The highest BCUT2D eigenvalue weighted by molar-refractivity contribution is 7.14. The van der Waals surface area contributed by atoms with Crippen molar-refractivity contribution in [2.24, 2.45) is 5.73 Å². The van der Waals surface area contributed by atoms with E-state index in [2.05, 4.69) is 4.90 Å². The first-order chi connectivity index (χ1) is 8.97. The highest BCUT2D eigenvalue weighted by atomic mass is 32.1. The summed E-state index contributed by atoms with van der Waals surface area (Å²) in [4.78, 5) is 13.3. The predicted octanol–water partition coefficient (Wildman–Crippen LogP) is 2.26. The van der Waals surface area contributed by atoms with Gasteiger partial charge >= 0.3 is 0 Å². The molecule has 1 amide bonds. The molecule has 2 heterocycles. The lowest BCUT2D eigenvalue weighted by Gasteiger charge is -2.29. The van der Waals surface area contributed by atoms with Crippen LogP contribution < -0.4 is 10.5 Å². The Morgan fingerprint density at radius 1 is 1.53 bits per heavy atom. The smallest absolute Gasteiger partial charge is 0.272 e. The SMILES string of the molecule is CN1CCC(Oc2cc(C(F)F)sc2C(N)=O)CC1. The number of carbonyl (C=O) groups excluding carboxylic acids is 1. The van der Waals surface area contributed by atoms with Crippen molar-refractivity contribution in [1.29, 1.82) is 0 Å². The van der Waals surface area contributed by atoms with E-state index in [1.165, 1.54) is 6.07 Å². The Morgan fingerprint density at radius 3 is 2.68 bits per heavy atom. The first kappa shape index (κ1) is 14.2. The molecule has 2 rings (SSSR count). The first-order valence-corrected chi connectivity index (χ1v) is 6.86. The van der Waals surface area contributed by atoms with Gasteiger partial charge in [0.1, 0.15) is 16.7 Å². The van der Waals surface area contributed by atoms with Gasteiger partial charge in [-0.05, 0) is 19.9 Å². The van der Waals surface area contributed by atoms with Crippen LogP contribution >= 0.6 is 11.3 Å². The summed E-state index contributed by atoms with van der Waals surface area (Å²) >= 11 is 0.705. The lowest BCUT2D eigenvalue weighted by Crippen LogP contribution is -2.35. The molecule has 0 radical (unpaired) electrons. The van der Waals surface area contributed by atoms with Crippen LogP contribution in [-0.2, 0) is 0 Å². The number of piperidine rings is 1. The van der Waals surface area contributed by atoms with E-state index in [-0.39, 0.29) is 21.6 Å². The molecule has 1 aliphatic heterocycles. The lowest BCUT2D eigenvalue weighted by molar-refractivity contribution is 0.0976. The molecule has 0 aromatic carbocycles. The zero-order chi connectivity index (χ0) is 14.0. The zero-order valence-electron chi connectivity index (χ0n) is 10.6.